The van der Waals surface area contributed by atoms with E-state index in [0.29, 0.717) is 24.8 Å². The molecule has 7 heteroatoms. The molecule has 5 nitrogen and oxygen atoms in total. The van der Waals surface area contributed by atoms with E-state index >= 15 is 0 Å². The lowest BCUT2D eigenvalue weighted by Crippen LogP contribution is -2.47. The van der Waals surface area contributed by atoms with Gasteiger partial charge in [0, 0.05) is 18.4 Å². The first-order valence-electron chi connectivity index (χ1n) is 8.49. The summed E-state index contributed by atoms with van der Waals surface area (Å²) in [6.07, 6.45) is 1.31. The van der Waals surface area contributed by atoms with Crippen molar-refractivity contribution < 1.29 is 28.2 Å². The minimum Gasteiger partial charge on any atom is -0.478 e. The first-order valence-corrected chi connectivity index (χ1v) is 8.49. The first kappa shape index (κ1) is 19.0. The van der Waals surface area contributed by atoms with Crippen LogP contribution in [0.5, 0.6) is 0 Å². The van der Waals surface area contributed by atoms with Crippen molar-refractivity contribution in [2.45, 2.75) is 31.3 Å². The average molecular weight is 375 g/mol. The normalized spacial score (nSPS) is 15.1. The monoisotopic (exact) mass is 375 g/mol. The zero-order chi connectivity index (χ0) is 19.6. The van der Waals surface area contributed by atoms with Crippen molar-refractivity contribution in [2.75, 3.05) is 12.4 Å². The molecule has 0 unspecified atom stereocenters. The summed E-state index contributed by atoms with van der Waals surface area (Å²) in [6.45, 7) is 0.164. The van der Waals surface area contributed by atoms with Crippen molar-refractivity contribution in [3.63, 3.8) is 0 Å². The van der Waals surface area contributed by atoms with E-state index in [9.17, 15) is 23.5 Å². The minimum absolute atomic E-state index is 0.0143. The number of amides is 1. The molecule has 0 radical (unpaired) electrons. The molecular weight excluding hydrogens is 356 g/mol. The molecule has 2 aromatic carbocycles. The van der Waals surface area contributed by atoms with E-state index in [0.717, 1.165) is 12.1 Å². The lowest BCUT2D eigenvalue weighted by atomic mass is 9.63. The largest absolute Gasteiger partial charge is 0.478 e. The summed E-state index contributed by atoms with van der Waals surface area (Å²) in [7, 11) is 1.47. The van der Waals surface area contributed by atoms with Gasteiger partial charge in [0.25, 0.3) is 0 Å². The highest BCUT2D eigenvalue weighted by Crippen LogP contribution is 2.46. The number of nitrogens with one attached hydrogen (secondary N) is 1. The molecule has 0 heterocycles. The second kappa shape index (κ2) is 7.44. The highest BCUT2D eigenvalue weighted by molar-refractivity contribution is 6.01. The topological polar surface area (TPSA) is 75.6 Å². The van der Waals surface area contributed by atoms with Gasteiger partial charge in [-0.1, -0.05) is 12.5 Å². The Morgan fingerprint density at radius 3 is 2.37 bits per heavy atom. The standard InChI is InChI=1S/C20H19F2NO4/c1-27-11-12-8-13(18(24)25)10-14(9-12)23-19(26)20(6-3-7-20)17-15(21)4-2-5-16(17)22/h2,4-5,8-10H,3,6-7,11H2,1H3,(H,23,26)(H,24,25). The lowest BCUT2D eigenvalue weighted by Gasteiger charge is -2.40. The Labute approximate surface area is 155 Å². The van der Waals surface area contributed by atoms with Crippen LogP contribution >= 0.6 is 0 Å². The maximum Gasteiger partial charge on any atom is 0.335 e. The maximum atomic E-state index is 14.3. The Morgan fingerprint density at radius 1 is 1.19 bits per heavy atom. The predicted octanol–water partition coefficient (Wildman–Crippen LogP) is 3.87. The highest BCUT2D eigenvalue weighted by atomic mass is 19.1. The molecule has 0 spiro atoms. The minimum atomic E-state index is -1.30. The van der Waals surface area contributed by atoms with Crippen LogP contribution in [0.15, 0.2) is 36.4 Å². The summed E-state index contributed by atoms with van der Waals surface area (Å²) in [5.74, 6) is -3.22. The number of halogens is 2. The molecule has 0 aromatic heterocycles. The van der Waals surface area contributed by atoms with Gasteiger partial charge in [0.05, 0.1) is 17.6 Å². The molecule has 0 aliphatic heterocycles. The number of benzene rings is 2. The number of methoxy groups -OCH3 is 1. The van der Waals surface area contributed by atoms with Gasteiger partial charge in [-0.25, -0.2) is 13.6 Å². The fraction of sp³-hybridized carbons (Fsp3) is 0.300. The van der Waals surface area contributed by atoms with Gasteiger partial charge < -0.3 is 15.2 Å². The lowest BCUT2D eigenvalue weighted by molar-refractivity contribution is -0.124. The fourth-order valence-corrected chi connectivity index (χ4v) is 3.46. The SMILES string of the molecule is COCc1cc(NC(=O)C2(c3c(F)cccc3F)CCC2)cc(C(=O)O)c1. The van der Waals surface area contributed by atoms with Gasteiger partial charge in [0.15, 0.2) is 0 Å². The van der Waals surface area contributed by atoms with Gasteiger partial charge in [-0.3, -0.25) is 4.79 Å². The van der Waals surface area contributed by atoms with Crippen molar-refractivity contribution in [3.8, 4) is 0 Å². The van der Waals surface area contributed by atoms with Gasteiger partial charge >= 0.3 is 5.97 Å². The molecule has 3 rings (SSSR count). The molecule has 0 atom stereocenters. The van der Waals surface area contributed by atoms with Gasteiger partial charge in [-0.2, -0.15) is 0 Å². The van der Waals surface area contributed by atoms with Crippen LogP contribution in [0.4, 0.5) is 14.5 Å². The highest BCUT2D eigenvalue weighted by Gasteiger charge is 2.49. The Morgan fingerprint density at radius 2 is 1.85 bits per heavy atom. The third-order valence-corrected chi connectivity index (χ3v) is 4.89. The second-order valence-corrected chi connectivity index (χ2v) is 6.64. The van der Waals surface area contributed by atoms with Crippen LogP contribution in [0.1, 0.15) is 40.7 Å². The molecule has 142 valence electrons. The van der Waals surface area contributed by atoms with Crippen LogP contribution in [0.2, 0.25) is 0 Å². The van der Waals surface area contributed by atoms with E-state index in [2.05, 4.69) is 5.32 Å². The number of carbonyl (C=O) groups excluding carboxylic acids is 1. The molecule has 1 aliphatic carbocycles. The number of aromatic carboxylic acids is 1. The maximum absolute atomic E-state index is 14.3. The number of hydrogen-bond acceptors (Lipinski definition) is 3. The molecule has 2 N–H and O–H groups in total. The average Bonchev–Trinajstić information content (AvgIpc) is 2.56. The number of rotatable bonds is 6. The van der Waals surface area contributed by atoms with E-state index < -0.39 is 28.9 Å². The summed E-state index contributed by atoms with van der Waals surface area (Å²) in [6, 6.07) is 7.85. The summed E-state index contributed by atoms with van der Waals surface area (Å²) < 4.78 is 33.6. The summed E-state index contributed by atoms with van der Waals surface area (Å²) in [4.78, 5) is 24.3. The molecule has 1 amide bonds. The van der Waals surface area contributed by atoms with E-state index in [1.54, 1.807) is 6.07 Å². The Hall–Kier alpha value is -2.80. The van der Waals surface area contributed by atoms with Crippen molar-refractivity contribution in [1.29, 1.82) is 0 Å². The molecule has 2 aromatic rings. The number of hydrogen-bond donors (Lipinski definition) is 2. The quantitative estimate of drug-likeness (QED) is 0.804. The molecule has 0 saturated heterocycles. The van der Waals surface area contributed by atoms with Crippen molar-refractivity contribution in [2.24, 2.45) is 0 Å². The Kier molecular flexibility index (Phi) is 5.23. The van der Waals surface area contributed by atoms with Crippen LogP contribution in [0.3, 0.4) is 0 Å². The van der Waals surface area contributed by atoms with Gasteiger partial charge in [0.2, 0.25) is 5.91 Å². The molecule has 1 aliphatic rings. The fourth-order valence-electron chi connectivity index (χ4n) is 3.46. The molecule has 27 heavy (non-hydrogen) atoms. The zero-order valence-electron chi connectivity index (χ0n) is 14.7. The summed E-state index contributed by atoms with van der Waals surface area (Å²) >= 11 is 0. The second-order valence-electron chi connectivity index (χ2n) is 6.64. The van der Waals surface area contributed by atoms with Gasteiger partial charge in [0.1, 0.15) is 11.6 Å². The van der Waals surface area contributed by atoms with Crippen LogP contribution in [-0.2, 0) is 21.6 Å². The van der Waals surface area contributed by atoms with E-state index in [1.807, 2.05) is 0 Å². The molecular formula is C20H19F2NO4. The van der Waals surface area contributed by atoms with Gasteiger partial charge in [-0.15, -0.1) is 0 Å². The van der Waals surface area contributed by atoms with Crippen molar-refractivity contribution in [3.05, 3.63) is 64.7 Å². The number of carboxylic acid groups (broad SMARTS) is 1. The van der Waals surface area contributed by atoms with Gasteiger partial charge in [-0.05, 0) is 48.7 Å². The third-order valence-electron chi connectivity index (χ3n) is 4.89. The predicted molar refractivity (Wildman–Crippen MR) is 94.6 cm³/mol. The zero-order valence-corrected chi connectivity index (χ0v) is 14.7. The first-order chi connectivity index (χ1) is 12.9. The van der Waals surface area contributed by atoms with Crippen LogP contribution < -0.4 is 5.32 Å². The number of carboxylic acids is 1. The van der Waals surface area contributed by atoms with Crippen molar-refractivity contribution >= 4 is 17.6 Å². The summed E-state index contributed by atoms with van der Waals surface area (Å²) in [5.41, 5.74) is -0.738. The molecule has 1 fully saturated rings. The number of ether oxygens (including phenoxy) is 1. The number of carbonyl (C=O) groups is 2. The molecule has 0 bridgehead atoms. The van der Waals surface area contributed by atoms with E-state index in [1.165, 1.54) is 25.3 Å². The van der Waals surface area contributed by atoms with E-state index in [4.69, 9.17) is 4.74 Å². The van der Waals surface area contributed by atoms with Crippen LogP contribution in [0, 0.1) is 11.6 Å². The van der Waals surface area contributed by atoms with Crippen LogP contribution in [-0.4, -0.2) is 24.1 Å². The summed E-state index contributed by atoms with van der Waals surface area (Å²) in [5, 5.41) is 11.9. The third kappa shape index (κ3) is 3.55. The van der Waals surface area contributed by atoms with E-state index in [-0.39, 0.29) is 23.4 Å². The van der Waals surface area contributed by atoms with Crippen molar-refractivity contribution in [1.82, 2.24) is 0 Å². The Balaban J connectivity index is 1.95. The molecule has 1 saturated carbocycles. The number of anilines is 1. The Bertz CT molecular complexity index is 873. The van der Waals surface area contributed by atoms with Crippen LogP contribution in [0.25, 0.3) is 0 Å². The smallest absolute Gasteiger partial charge is 0.335 e.